The van der Waals surface area contributed by atoms with Gasteiger partial charge in [0.2, 0.25) is 5.91 Å². The zero-order valence-corrected chi connectivity index (χ0v) is 10.9. The third-order valence-corrected chi connectivity index (χ3v) is 2.79. The van der Waals surface area contributed by atoms with Crippen molar-refractivity contribution in [3.8, 4) is 6.07 Å². The topological polar surface area (TPSA) is 65.8 Å². The van der Waals surface area contributed by atoms with Gasteiger partial charge < -0.3 is 5.32 Å². The molecule has 0 aromatic carbocycles. The zero-order valence-electron chi connectivity index (χ0n) is 10.9. The molecule has 4 nitrogen and oxygen atoms in total. The maximum atomic E-state index is 12.0. The van der Waals surface area contributed by atoms with Crippen LogP contribution in [-0.2, 0) is 4.79 Å². The molecule has 1 N–H and O–H groups in total. The molecule has 1 aromatic rings. The SMILES string of the molecule is CCCC(CCC)C(=O)Nc1ccc(C#N)cn1. The summed E-state index contributed by atoms with van der Waals surface area (Å²) < 4.78 is 0. The van der Waals surface area contributed by atoms with E-state index in [9.17, 15) is 4.79 Å². The van der Waals surface area contributed by atoms with Crippen molar-refractivity contribution in [1.82, 2.24) is 4.98 Å². The molecule has 1 amide bonds. The average molecular weight is 245 g/mol. The summed E-state index contributed by atoms with van der Waals surface area (Å²) in [7, 11) is 0. The highest BCUT2D eigenvalue weighted by atomic mass is 16.1. The minimum atomic E-state index is 0.0240. The fourth-order valence-corrected chi connectivity index (χ4v) is 1.87. The summed E-state index contributed by atoms with van der Waals surface area (Å²) in [4.78, 5) is 16.1. The van der Waals surface area contributed by atoms with Crippen molar-refractivity contribution in [1.29, 1.82) is 5.26 Å². The maximum absolute atomic E-state index is 12.0. The minimum Gasteiger partial charge on any atom is -0.310 e. The molecule has 0 aliphatic heterocycles. The van der Waals surface area contributed by atoms with Crippen molar-refractivity contribution in [2.24, 2.45) is 5.92 Å². The Balaban J connectivity index is 2.63. The van der Waals surface area contributed by atoms with E-state index >= 15 is 0 Å². The molecule has 0 unspecified atom stereocenters. The lowest BCUT2D eigenvalue weighted by Crippen LogP contribution is -2.23. The Morgan fingerprint density at radius 1 is 1.39 bits per heavy atom. The van der Waals surface area contributed by atoms with Gasteiger partial charge in [-0.15, -0.1) is 0 Å². The van der Waals surface area contributed by atoms with E-state index < -0.39 is 0 Å². The largest absolute Gasteiger partial charge is 0.310 e. The van der Waals surface area contributed by atoms with Crippen LogP contribution in [0.2, 0.25) is 0 Å². The third kappa shape index (κ3) is 4.17. The fraction of sp³-hybridized carbons (Fsp3) is 0.500. The molecule has 18 heavy (non-hydrogen) atoms. The second kappa shape index (κ2) is 7.44. The first kappa shape index (κ1) is 14.2. The molecule has 0 atom stereocenters. The number of hydrogen-bond donors (Lipinski definition) is 1. The van der Waals surface area contributed by atoms with Crippen LogP contribution < -0.4 is 5.32 Å². The summed E-state index contributed by atoms with van der Waals surface area (Å²) in [6, 6.07) is 5.30. The molecule has 0 aliphatic carbocycles. The van der Waals surface area contributed by atoms with Crippen molar-refractivity contribution >= 4 is 11.7 Å². The van der Waals surface area contributed by atoms with E-state index in [0.29, 0.717) is 11.4 Å². The van der Waals surface area contributed by atoms with Crippen LogP contribution in [0.5, 0.6) is 0 Å². The van der Waals surface area contributed by atoms with Crippen molar-refractivity contribution in [2.45, 2.75) is 39.5 Å². The Bertz CT molecular complexity index is 414. The Hall–Kier alpha value is -1.89. The van der Waals surface area contributed by atoms with Crippen LogP contribution >= 0.6 is 0 Å². The van der Waals surface area contributed by atoms with Crippen molar-refractivity contribution < 1.29 is 4.79 Å². The van der Waals surface area contributed by atoms with Gasteiger partial charge in [0.1, 0.15) is 11.9 Å². The number of anilines is 1. The number of amides is 1. The molecule has 0 bridgehead atoms. The van der Waals surface area contributed by atoms with E-state index in [-0.39, 0.29) is 11.8 Å². The second-order valence-electron chi connectivity index (χ2n) is 4.31. The van der Waals surface area contributed by atoms with Gasteiger partial charge in [-0.3, -0.25) is 4.79 Å². The van der Waals surface area contributed by atoms with Crippen molar-refractivity contribution in [2.75, 3.05) is 5.32 Å². The number of hydrogen-bond acceptors (Lipinski definition) is 3. The number of nitrogens with zero attached hydrogens (tertiary/aromatic N) is 2. The first-order valence-corrected chi connectivity index (χ1v) is 6.38. The second-order valence-corrected chi connectivity index (χ2v) is 4.31. The molecule has 0 aliphatic rings. The molecule has 0 radical (unpaired) electrons. The predicted molar refractivity (Wildman–Crippen MR) is 70.9 cm³/mol. The fourth-order valence-electron chi connectivity index (χ4n) is 1.87. The summed E-state index contributed by atoms with van der Waals surface area (Å²) in [5.41, 5.74) is 0.492. The number of pyridine rings is 1. The van der Waals surface area contributed by atoms with Gasteiger partial charge in [-0.05, 0) is 25.0 Å². The summed E-state index contributed by atoms with van der Waals surface area (Å²) >= 11 is 0. The monoisotopic (exact) mass is 245 g/mol. The lowest BCUT2D eigenvalue weighted by molar-refractivity contribution is -0.120. The van der Waals surface area contributed by atoms with Gasteiger partial charge in [0.25, 0.3) is 0 Å². The number of nitrogens with one attached hydrogen (secondary N) is 1. The molecule has 0 fully saturated rings. The number of carbonyl (C=O) groups is 1. The Morgan fingerprint density at radius 3 is 2.50 bits per heavy atom. The molecule has 4 heteroatoms. The zero-order chi connectivity index (χ0) is 13.4. The Labute approximate surface area is 108 Å². The maximum Gasteiger partial charge on any atom is 0.228 e. The molecular weight excluding hydrogens is 226 g/mol. The van der Waals surface area contributed by atoms with Gasteiger partial charge >= 0.3 is 0 Å². The van der Waals surface area contributed by atoms with Crippen molar-refractivity contribution in [3.05, 3.63) is 23.9 Å². The summed E-state index contributed by atoms with van der Waals surface area (Å²) in [6.07, 6.45) is 5.26. The van der Waals surface area contributed by atoms with E-state index in [1.807, 2.05) is 6.07 Å². The first-order valence-electron chi connectivity index (χ1n) is 6.38. The van der Waals surface area contributed by atoms with E-state index in [1.54, 1.807) is 12.1 Å². The highest BCUT2D eigenvalue weighted by molar-refractivity contribution is 5.91. The molecular formula is C14H19N3O. The van der Waals surface area contributed by atoms with Gasteiger partial charge in [-0.2, -0.15) is 5.26 Å². The van der Waals surface area contributed by atoms with Crippen LogP contribution in [0.4, 0.5) is 5.82 Å². The highest BCUT2D eigenvalue weighted by Gasteiger charge is 2.16. The number of nitriles is 1. The van der Waals surface area contributed by atoms with Gasteiger partial charge in [0.05, 0.1) is 5.56 Å². The lowest BCUT2D eigenvalue weighted by atomic mass is 9.97. The van der Waals surface area contributed by atoms with Crippen LogP contribution in [0.1, 0.15) is 45.1 Å². The van der Waals surface area contributed by atoms with Gasteiger partial charge in [-0.25, -0.2) is 4.98 Å². The van der Waals surface area contributed by atoms with E-state index in [0.717, 1.165) is 25.7 Å². The molecule has 1 heterocycles. The van der Waals surface area contributed by atoms with Gasteiger partial charge in [0.15, 0.2) is 0 Å². The molecule has 0 saturated carbocycles. The van der Waals surface area contributed by atoms with Crippen LogP contribution in [0.15, 0.2) is 18.3 Å². The van der Waals surface area contributed by atoms with Crippen LogP contribution in [-0.4, -0.2) is 10.9 Å². The smallest absolute Gasteiger partial charge is 0.228 e. The minimum absolute atomic E-state index is 0.0240. The average Bonchev–Trinajstić information content (AvgIpc) is 2.39. The highest BCUT2D eigenvalue weighted by Crippen LogP contribution is 2.16. The summed E-state index contributed by atoms with van der Waals surface area (Å²) in [5, 5.41) is 11.5. The Kier molecular flexibility index (Phi) is 5.86. The van der Waals surface area contributed by atoms with Crippen LogP contribution in [0.3, 0.4) is 0 Å². The molecule has 0 saturated heterocycles. The molecule has 0 spiro atoms. The molecule has 1 rings (SSSR count). The van der Waals surface area contributed by atoms with Crippen LogP contribution in [0.25, 0.3) is 0 Å². The normalized spacial score (nSPS) is 10.1. The molecule has 1 aromatic heterocycles. The number of carbonyl (C=O) groups excluding carboxylic acids is 1. The number of aromatic nitrogens is 1. The molecule has 96 valence electrons. The van der Waals surface area contributed by atoms with Gasteiger partial charge in [-0.1, -0.05) is 26.7 Å². The quantitative estimate of drug-likeness (QED) is 0.837. The third-order valence-electron chi connectivity index (χ3n) is 2.79. The van der Waals surface area contributed by atoms with Gasteiger partial charge in [0, 0.05) is 12.1 Å². The summed E-state index contributed by atoms with van der Waals surface area (Å²) in [6.45, 7) is 4.16. The van der Waals surface area contributed by atoms with Crippen LogP contribution in [0, 0.1) is 17.2 Å². The lowest BCUT2D eigenvalue weighted by Gasteiger charge is -2.14. The van der Waals surface area contributed by atoms with E-state index in [1.165, 1.54) is 6.20 Å². The number of rotatable bonds is 6. The standard InChI is InChI=1S/C14H19N3O/c1-3-5-12(6-4-2)14(18)17-13-8-7-11(9-15)10-16-13/h7-8,10,12H,3-6H2,1-2H3,(H,16,17,18). The first-order chi connectivity index (χ1) is 8.71. The van der Waals surface area contributed by atoms with Crippen molar-refractivity contribution in [3.63, 3.8) is 0 Å². The Morgan fingerprint density at radius 2 is 2.06 bits per heavy atom. The summed E-state index contributed by atoms with van der Waals surface area (Å²) in [5.74, 6) is 0.588. The van der Waals surface area contributed by atoms with E-state index in [2.05, 4.69) is 24.1 Å². The predicted octanol–water partition coefficient (Wildman–Crippen LogP) is 3.11. The van der Waals surface area contributed by atoms with E-state index in [4.69, 9.17) is 5.26 Å².